The van der Waals surface area contributed by atoms with Gasteiger partial charge in [-0.15, -0.1) is 0 Å². The van der Waals surface area contributed by atoms with Gasteiger partial charge in [0.2, 0.25) is 0 Å². The van der Waals surface area contributed by atoms with E-state index in [-0.39, 0.29) is 0 Å². The molecule has 0 amide bonds. The smallest absolute Gasteiger partial charge is 0.0249 e. The van der Waals surface area contributed by atoms with Crippen LogP contribution in [0.4, 0.5) is 0 Å². The summed E-state index contributed by atoms with van der Waals surface area (Å²) in [5.41, 5.74) is 0. The quantitative estimate of drug-likeness (QED) is 0.826. The van der Waals surface area contributed by atoms with Crippen molar-refractivity contribution in [1.29, 1.82) is 0 Å². The molecule has 102 valence electrons. The van der Waals surface area contributed by atoms with Crippen molar-refractivity contribution in [3.8, 4) is 0 Å². The number of hydrogen-bond donors (Lipinski definition) is 1. The van der Waals surface area contributed by atoms with Crippen molar-refractivity contribution in [1.82, 2.24) is 10.2 Å². The van der Waals surface area contributed by atoms with Crippen molar-refractivity contribution in [3.05, 3.63) is 0 Å². The number of fused-ring (bicyclic) bond motifs is 3. The second-order valence-electron chi connectivity index (χ2n) is 7.34. The van der Waals surface area contributed by atoms with E-state index in [1.165, 1.54) is 51.7 Å². The summed E-state index contributed by atoms with van der Waals surface area (Å²) in [4.78, 5) is 2.75. The molecule has 18 heavy (non-hydrogen) atoms. The van der Waals surface area contributed by atoms with Gasteiger partial charge in [-0.3, -0.25) is 4.90 Å². The van der Waals surface area contributed by atoms with Gasteiger partial charge in [0.25, 0.3) is 0 Å². The van der Waals surface area contributed by atoms with Crippen molar-refractivity contribution in [2.24, 2.45) is 17.8 Å². The summed E-state index contributed by atoms with van der Waals surface area (Å²) in [5, 5.41) is 3.97. The van der Waals surface area contributed by atoms with E-state index < -0.39 is 0 Å². The van der Waals surface area contributed by atoms with E-state index in [0.29, 0.717) is 0 Å². The van der Waals surface area contributed by atoms with Gasteiger partial charge in [0.05, 0.1) is 0 Å². The number of piperidine rings is 1. The average Bonchev–Trinajstić information content (AvgIpc) is 3.11. The zero-order valence-corrected chi connectivity index (χ0v) is 11.6. The molecule has 2 heteroatoms. The van der Waals surface area contributed by atoms with Crippen LogP contribution in [0, 0.1) is 17.8 Å². The highest BCUT2D eigenvalue weighted by atomic mass is 15.2. The Kier molecular flexibility index (Phi) is 3.12. The molecule has 2 saturated heterocycles. The summed E-state index contributed by atoms with van der Waals surface area (Å²) in [7, 11) is 0. The molecule has 4 rings (SSSR count). The Labute approximate surface area is 111 Å². The topological polar surface area (TPSA) is 15.3 Å². The van der Waals surface area contributed by atoms with Crippen LogP contribution in [0.5, 0.6) is 0 Å². The van der Waals surface area contributed by atoms with E-state index in [0.717, 1.165) is 29.8 Å². The summed E-state index contributed by atoms with van der Waals surface area (Å²) in [5.74, 6) is 3.23. The molecule has 2 bridgehead atoms. The van der Waals surface area contributed by atoms with Crippen molar-refractivity contribution in [2.75, 3.05) is 19.6 Å². The summed E-state index contributed by atoms with van der Waals surface area (Å²) in [6.45, 7) is 4.06. The van der Waals surface area contributed by atoms with Crippen LogP contribution in [0.25, 0.3) is 0 Å². The Bertz CT molecular complexity index is 303. The van der Waals surface area contributed by atoms with Crippen LogP contribution < -0.4 is 5.32 Å². The lowest BCUT2D eigenvalue weighted by molar-refractivity contribution is 0.176. The van der Waals surface area contributed by atoms with Gasteiger partial charge in [0.1, 0.15) is 0 Å². The molecule has 5 unspecified atom stereocenters. The molecule has 1 N–H and O–H groups in total. The van der Waals surface area contributed by atoms with Gasteiger partial charge in [-0.05, 0) is 69.4 Å². The second-order valence-corrected chi connectivity index (χ2v) is 7.34. The van der Waals surface area contributed by atoms with Gasteiger partial charge in [-0.2, -0.15) is 0 Å². The molecule has 0 aromatic carbocycles. The lowest BCUT2D eigenvalue weighted by Gasteiger charge is -2.33. The minimum absolute atomic E-state index is 0.824. The largest absolute Gasteiger partial charge is 0.312 e. The van der Waals surface area contributed by atoms with Crippen LogP contribution in [0.15, 0.2) is 0 Å². The molecule has 0 spiro atoms. The minimum atomic E-state index is 0.824. The maximum atomic E-state index is 3.97. The zero-order chi connectivity index (χ0) is 11.9. The third-order valence-corrected chi connectivity index (χ3v) is 6.38. The first-order valence-corrected chi connectivity index (χ1v) is 8.37. The maximum absolute atomic E-state index is 3.97. The molecule has 5 atom stereocenters. The number of nitrogens with one attached hydrogen (secondary N) is 1. The molecule has 2 aliphatic carbocycles. The third kappa shape index (κ3) is 2.02. The highest BCUT2D eigenvalue weighted by Gasteiger charge is 2.40. The third-order valence-electron chi connectivity index (χ3n) is 6.38. The van der Waals surface area contributed by atoms with Crippen LogP contribution in [-0.2, 0) is 0 Å². The van der Waals surface area contributed by atoms with Gasteiger partial charge in [0, 0.05) is 18.6 Å². The first-order chi connectivity index (χ1) is 8.90. The van der Waals surface area contributed by atoms with Gasteiger partial charge < -0.3 is 5.32 Å². The first-order valence-electron chi connectivity index (χ1n) is 8.37. The fraction of sp³-hybridized carbons (Fsp3) is 1.00. The van der Waals surface area contributed by atoms with E-state index in [1.807, 2.05) is 0 Å². The van der Waals surface area contributed by atoms with Crippen LogP contribution >= 0.6 is 0 Å². The van der Waals surface area contributed by atoms with Crippen LogP contribution in [0.2, 0.25) is 0 Å². The molecule has 0 aromatic heterocycles. The molecular weight excluding hydrogens is 220 g/mol. The minimum Gasteiger partial charge on any atom is -0.312 e. The van der Waals surface area contributed by atoms with E-state index in [1.54, 1.807) is 19.3 Å². The summed E-state index contributed by atoms with van der Waals surface area (Å²) < 4.78 is 0. The van der Waals surface area contributed by atoms with E-state index in [9.17, 15) is 0 Å². The lowest BCUT2D eigenvalue weighted by atomic mass is 9.88. The van der Waals surface area contributed by atoms with Crippen LogP contribution in [-0.4, -0.2) is 36.6 Å². The average molecular weight is 248 g/mol. The number of hydrogen-bond acceptors (Lipinski definition) is 2. The molecule has 2 aliphatic heterocycles. The fourth-order valence-electron chi connectivity index (χ4n) is 5.41. The van der Waals surface area contributed by atoms with Gasteiger partial charge in [0.15, 0.2) is 0 Å². The maximum Gasteiger partial charge on any atom is 0.0249 e. The second kappa shape index (κ2) is 4.79. The van der Waals surface area contributed by atoms with Crippen LogP contribution in [0.3, 0.4) is 0 Å². The van der Waals surface area contributed by atoms with Gasteiger partial charge in [-0.1, -0.05) is 12.8 Å². The zero-order valence-electron chi connectivity index (χ0n) is 11.6. The normalized spacial score (nSPS) is 47.7. The van der Waals surface area contributed by atoms with Gasteiger partial charge >= 0.3 is 0 Å². The molecule has 0 aromatic rings. The molecule has 2 saturated carbocycles. The molecule has 4 fully saturated rings. The number of nitrogens with zero attached hydrogens (tertiary/aromatic N) is 1. The molecule has 0 radical (unpaired) electrons. The molecular formula is C16H28N2. The first kappa shape index (κ1) is 11.7. The SMILES string of the molecule is C1CCN2CCC(NCC3CC4CCC3C4)C2C1. The Balaban J connectivity index is 1.30. The Hall–Kier alpha value is -0.0800. The van der Waals surface area contributed by atoms with E-state index in [4.69, 9.17) is 0 Å². The highest BCUT2D eigenvalue weighted by molar-refractivity contribution is 4.96. The number of rotatable bonds is 3. The van der Waals surface area contributed by atoms with Crippen molar-refractivity contribution in [3.63, 3.8) is 0 Å². The van der Waals surface area contributed by atoms with E-state index >= 15 is 0 Å². The van der Waals surface area contributed by atoms with Crippen LogP contribution in [0.1, 0.15) is 51.4 Å². The predicted molar refractivity (Wildman–Crippen MR) is 74.6 cm³/mol. The van der Waals surface area contributed by atoms with Crippen molar-refractivity contribution < 1.29 is 0 Å². The molecule has 2 nitrogen and oxygen atoms in total. The van der Waals surface area contributed by atoms with Crippen molar-refractivity contribution in [2.45, 2.75) is 63.5 Å². The summed E-state index contributed by atoms with van der Waals surface area (Å²) in [6, 6.07) is 1.71. The van der Waals surface area contributed by atoms with Crippen molar-refractivity contribution >= 4 is 0 Å². The van der Waals surface area contributed by atoms with Gasteiger partial charge in [-0.25, -0.2) is 0 Å². The highest BCUT2D eigenvalue weighted by Crippen LogP contribution is 2.48. The Morgan fingerprint density at radius 2 is 1.94 bits per heavy atom. The fourth-order valence-corrected chi connectivity index (χ4v) is 5.41. The monoisotopic (exact) mass is 248 g/mol. The molecule has 4 aliphatic rings. The lowest BCUT2D eigenvalue weighted by Crippen LogP contribution is -2.46. The Morgan fingerprint density at radius 1 is 0.944 bits per heavy atom. The van der Waals surface area contributed by atoms with E-state index in [2.05, 4.69) is 10.2 Å². The predicted octanol–water partition coefficient (Wildman–Crippen LogP) is 2.64. The molecule has 2 heterocycles. The standard InChI is InChI=1S/C16H28N2/c1-2-7-18-8-6-15(16(18)3-1)17-11-14-10-12-4-5-13(14)9-12/h12-17H,1-11H2. The summed E-state index contributed by atoms with van der Waals surface area (Å²) in [6.07, 6.45) is 12.0. The summed E-state index contributed by atoms with van der Waals surface area (Å²) >= 11 is 0. The Morgan fingerprint density at radius 3 is 2.78 bits per heavy atom.